The second-order valence-electron chi connectivity index (χ2n) is 11.9. The Balaban J connectivity index is 2.19. The van der Waals surface area contributed by atoms with Gasteiger partial charge in [0, 0.05) is 12.5 Å². The number of benzene rings is 1. The Morgan fingerprint density at radius 3 is 2.17 bits per heavy atom. The van der Waals surface area contributed by atoms with E-state index in [0.29, 0.717) is 13.0 Å². The molecule has 0 radical (unpaired) electrons. The molecule has 1 saturated heterocycles. The molecule has 12 heteroatoms. The molecule has 4 N–H and O–H groups in total. The molecule has 234 valence electrons. The zero-order chi connectivity index (χ0) is 31.4. The van der Waals surface area contributed by atoms with Gasteiger partial charge in [-0.05, 0) is 58.4 Å². The molecular formula is C30H46N4O8. The summed E-state index contributed by atoms with van der Waals surface area (Å²) in [5.74, 6) is -2.60. The third kappa shape index (κ3) is 11.7. The van der Waals surface area contributed by atoms with Gasteiger partial charge in [-0.15, -0.1) is 0 Å². The summed E-state index contributed by atoms with van der Waals surface area (Å²) in [7, 11) is 1.20. The quantitative estimate of drug-likeness (QED) is 0.240. The smallest absolute Gasteiger partial charge is 0.408 e. The molecule has 1 heterocycles. The first-order chi connectivity index (χ1) is 19.7. The average Bonchev–Trinajstić information content (AvgIpc) is 3.32. The summed E-state index contributed by atoms with van der Waals surface area (Å²) < 4.78 is 16.2. The highest BCUT2D eigenvalue weighted by molar-refractivity contribution is 5.93. The van der Waals surface area contributed by atoms with E-state index in [2.05, 4.69) is 21.3 Å². The Bertz CT molecular complexity index is 1070. The van der Waals surface area contributed by atoms with Gasteiger partial charge in [0.25, 0.3) is 0 Å². The highest BCUT2D eigenvalue weighted by Gasteiger charge is 2.36. The van der Waals surface area contributed by atoms with E-state index in [4.69, 9.17) is 14.2 Å². The zero-order valence-electron chi connectivity index (χ0n) is 25.7. The van der Waals surface area contributed by atoms with Crippen molar-refractivity contribution in [3.05, 3.63) is 35.9 Å². The summed E-state index contributed by atoms with van der Waals surface area (Å²) in [4.78, 5) is 64.3. The van der Waals surface area contributed by atoms with Gasteiger partial charge in [-0.3, -0.25) is 14.4 Å². The van der Waals surface area contributed by atoms with Gasteiger partial charge in [0.05, 0.1) is 18.8 Å². The van der Waals surface area contributed by atoms with E-state index in [1.165, 1.54) is 7.11 Å². The van der Waals surface area contributed by atoms with Gasteiger partial charge >= 0.3 is 12.1 Å². The van der Waals surface area contributed by atoms with Crippen LogP contribution in [0, 0.1) is 11.8 Å². The minimum Gasteiger partial charge on any atom is -0.467 e. The highest BCUT2D eigenvalue weighted by Crippen LogP contribution is 2.18. The van der Waals surface area contributed by atoms with Crippen molar-refractivity contribution in [3.63, 3.8) is 0 Å². The van der Waals surface area contributed by atoms with Gasteiger partial charge in [0.1, 0.15) is 24.7 Å². The van der Waals surface area contributed by atoms with Crippen LogP contribution in [-0.2, 0) is 40.0 Å². The molecule has 0 bridgehead atoms. The summed E-state index contributed by atoms with van der Waals surface area (Å²) in [5, 5.41) is 10.7. The van der Waals surface area contributed by atoms with Crippen molar-refractivity contribution in [1.82, 2.24) is 21.3 Å². The van der Waals surface area contributed by atoms with E-state index in [0.717, 1.165) is 5.56 Å². The summed E-state index contributed by atoms with van der Waals surface area (Å²) in [6.45, 7) is 11.4. The second kappa shape index (κ2) is 16.1. The van der Waals surface area contributed by atoms with E-state index >= 15 is 0 Å². The van der Waals surface area contributed by atoms with Gasteiger partial charge in [-0.2, -0.15) is 0 Å². The number of methoxy groups -OCH3 is 1. The second-order valence-corrected chi connectivity index (χ2v) is 11.9. The molecule has 1 fully saturated rings. The number of esters is 1. The van der Waals surface area contributed by atoms with Gasteiger partial charge in [0.15, 0.2) is 0 Å². The summed E-state index contributed by atoms with van der Waals surface area (Å²) in [6.07, 6.45) is -0.766. The SMILES string of the molecule is COC(=O)[C@H](C[C@@H]1CCNC1=O)NC(=O)[C@H](CC(C)C)NC(=O)[C@@H](NC(=O)OCc1ccccc1)[C@@H](C)OC(C)(C)C. The van der Waals surface area contributed by atoms with Crippen molar-refractivity contribution in [3.8, 4) is 0 Å². The number of amides is 4. The number of hydrogen-bond donors (Lipinski definition) is 4. The first-order valence-electron chi connectivity index (χ1n) is 14.3. The monoisotopic (exact) mass is 590 g/mol. The van der Waals surface area contributed by atoms with E-state index < -0.39 is 59.6 Å². The van der Waals surface area contributed by atoms with Crippen LogP contribution in [0.4, 0.5) is 4.79 Å². The van der Waals surface area contributed by atoms with Crippen molar-refractivity contribution < 1.29 is 38.2 Å². The van der Waals surface area contributed by atoms with Gasteiger partial charge < -0.3 is 35.5 Å². The van der Waals surface area contributed by atoms with E-state index in [-0.39, 0.29) is 31.3 Å². The predicted molar refractivity (Wildman–Crippen MR) is 155 cm³/mol. The van der Waals surface area contributed by atoms with Gasteiger partial charge in [-0.1, -0.05) is 44.2 Å². The lowest BCUT2D eigenvalue weighted by molar-refractivity contribution is -0.146. The van der Waals surface area contributed by atoms with Crippen molar-refractivity contribution in [1.29, 1.82) is 0 Å². The van der Waals surface area contributed by atoms with Crippen molar-refractivity contribution in [2.75, 3.05) is 13.7 Å². The molecule has 1 aromatic carbocycles. The Morgan fingerprint density at radius 2 is 1.62 bits per heavy atom. The van der Waals surface area contributed by atoms with Crippen molar-refractivity contribution in [2.45, 2.75) is 97.2 Å². The Labute approximate surface area is 248 Å². The fourth-order valence-electron chi connectivity index (χ4n) is 4.66. The number of ether oxygens (including phenoxy) is 3. The van der Waals surface area contributed by atoms with Gasteiger partial charge in [-0.25, -0.2) is 9.59 Å². The largest absolute Gasteiger partial charge is 0.467 e. The van der Waals surface area contributed by atoms with Crippen LogP contribution in [0.15, 0.2) is 30.3 Å². The number of rotatable bonds is 14. The van der Waals surface area contributed by atoms with E-state index in [9.17, 15) is 24.0 Å². The molecule has 1 aliphatic rings. The van der Waals surface area contributed by atoms with Crippen LogP contribution < -0.4 is 21.3 Å². The maximum atomic E-state index is 13.6. The minimum atomic E-state index is -1.20. The standard InChI is InChI=1S/C30H46N4O8/c1-18(2)15-22(26(36)33-23(28(38)40-7)16-21-13-14-31-25(21)35)32-27(37)24(19(3)42-30(4,5)6)34-29(39)41-17-20-11-9-8-10-12-20/h8-12,18-19,21-24H,13-17H2,1-7H3,(H,31,35)(H,32,37)(H,33,36)(H,34,39)/t19-,21+,22+,23+,24+/m1/s1. The van der Waals surface area contributed by atoms with Crippen LogP contribution in [-0.4, -0.2) is 73.3 Å². The normalized spacial score (nSPS) is 17.8. The Hall–Kier alpha value is -3.67. The zero-order valence-corrected chi connectivity index (χ0v) is 25.7. The highest BCUT2D eigenvalue weighted by atomic mass is 16.6. The number of carbonyl (C=O) groups is 5. The van der Waals surface area contributed by atoms with Crippen LogP contribution in [0.3, 0.4) is 0 Å². The molecule has 0 aromatic heterocycles. The molecule has 0 saturated carbocycles. The molecule has 1 aliphatic heterocycles. The fourth-order valence-corrected chi connectivity index (χ4v) is 4.66. The van der Waals surface area contributed by atoms with Gasteiger partial charge in [0.2, 0.25) is 17.7 Å². The first kappa shape index (κ1) is 34.5. The third-order valence-electron chi connectivity index (χ3n) is 6.60. The lowest BCUT2D eigenvalue weighted by atomic mass is 9.97. The summed E-state index contributed by atoms with van der Waals surface area (Å²) >= 11 is 0. The number of carbonyl (C=O) groups excluding carboxylic acids is 5. The molecule has 0 unspecified atom stereocenters. The molecule has 0 aliphatic carbocycles. The van der Waals surface area contributed by atoms with Crippen LogP contribution in [0.2, 0.25) is 0 Å². The summed E-state index contributed by atoms with van der Waals surface area (Å²) in [6, 6.07) is 5.77. The molecule has 5 atom stereocenters. The lowest BCUT2D eigenvalue weighted by Crippen LogP contribution is -2.59. The lowest BCUT2D eigenvalue weighted by Gasteiger charge is -2.32. The topological polar surface area (TPSA) is 161 Å². The number of hydrogen-bond acceptors (Lipinski definition) is 8. The third-order valence-corrected chi connectivity index (χ3v) is 6.60. The van der Waals surface area contributed by atoms with Crippen LogP contribution in [0.5, 0.6) is 0 Å². The predicted octanol–water partition coefficient (Wildman–Crippen LogP) is 2.20. The van der Waals surface area contributed by atoms with Crippen LogP contribution in [0.25, 0.3) is 0 Å². The van der Waals surface area contributed by atoms with Crippen LogP contribution >= 0.6 is 0 Å². The first-order valence-corrected chi connectivity index (χ1v) is 14.3. The molecular weight excluding hydrogens is 544 g/mol. The van der Waals surface area contributed by atoms with E-state index in [1.54, 1.807) is 19.1 Å². The Morgan fingerprint density at radius 1 is 0.976 bits per heavy atom. The molecule has 12 nitrogen and oxygen atoms in total. The van der Waals surface area contributed by atoms with Crippen LogP contribution in [0.1, 0.15) is 66.4 Å². The maximum absolute atomic E-state index is 13.6. The molecule has 1 aromatic rings. The summed E-state index contributed by atoms with van der Waals surface area (Å²) in [5.41, 5.74) is 0.138. The molecule has 4 amide bonds. The fraction of sp³-hybridized carbons (Fsp3) is 0.633. The molecule has 42 heavy (non-hydrogen) atoms. The van der Waals surface area contributed by atoms with Crippen molar-refractivity contribution in [2.24, 2.45) is 11.8 Å². The Kier molecular flexibility index (Phi) is 13.2. The van der Waals surface area contributed by atoms with Crippen molar-refractivity contribution >= 4 is 29.8 Å². The number of alkyl carbamates (subject to hydrolysis) is 1. The molecule has 2 rings (SSSR count). The minimum absolute atomic E-state index is 0.00182. The van der Waals surface area contributed by atoms with E-state index in [1.807, 2.05) is 52.8 Å². The number of nitrogens with one attached hydrogen (secondary N) is 4. The molecule has 0 spiro atoms. The maximum Gasteiger partial charge on any atom is 0.408 e. The average molecular weight is 591 g/mol.